The summed E-state index contributed by atoms with van der Waals surface area (Å²) >= 11 is 6.25. The lowest BCUT2D eigenvalue weighted by molar-refractivity contribution is -0.384. The lowest BCUT2D eigenvalue weighted by atomic mass is 10.1. The third kappa shape index (κ3) is 5.16. The highest BCUT2D eigenvalue weighted by atomic mass is 35.5. The largest absolute Gasteiger partial charge is 0.492 e. The minimum Gasteiger partial charge on any atom is -0.492 e. The molecule has 0 aliphatic carbocycles. The maximum Gasteiger partial charge on any atom is 0.292 e. The highest BCUT2D eigenvalue weighted by Crippen LogP contribution is 2.34. The van der Waals surface area contributed by atoms with E-state index < -0.39 is 0 Å². The van der Waals surface area contributed by atoms with E-state index in [0.29, 0.717) is 54.8 Å². The molecule has 2 aromatic rings. The van der Waals surface area contributed by atoms with Gasteiger partial charge >= 0.3 is 0 Å². The van der Waals surface area contributed by atoms with Crippen LogP contribution in [0.1, 0.15) is 36.5 Å². The summed E-state index contributed by atoms with van der Waals surface area (Å²) < 4.78 is 5.45. The van der Waals surface area contributed by atoms with E-state index in [2.05, 4.69) is 9.80 Å². The van der Waals surface area contributed by atoms with Gasteiger partial charge in [-0.2, -0.15) is 0 Å². The van der Waals surface area contributed by atoms with Crippen LogP contribution in [-0.2, 0) is 0 Å². The van der Waals surface area contributed by atoms with Gasteiger partial charge in [-0.1, -0.05) is 11.6 Å². The van der Waals surface area contributed by atoms with E-state index in [4.69, 9.17) is 16.3 Å². The molecule has 4 rings (SSSR count). The molecular weight excluding hydrogens is 444 g/mol. The van der Waals surface area contributed by atoms with Gasteiger partial charge in [0, 0.05) is 56.6 Å². The molecule has 2 aliphatic rings. The number of rotatable bonds is 6. The Kier molecular flexibility index (Phi) is 7.23. The van der Waals surface area contributed by atoms with Crippen LogP contribution in [0, 0.1) is 10.1 Å². The van der Waals surface area contributed by atoms with Gasteiger partial charge in [0.15, 0.2) is 0 Å². The van der Waals surface area contributed by atoms with Gasteiger partial charge in [0.1, 0.15) is 11.4 Å². The lowest BCUT2D eigenvalue weighted by Crippen LogP contribution is -2.48. The summed E-state index contributed by atoms with van der Waals surface area (Å²) in [5.41, 5.74) is 2.35. The van der Waals surface area contributed by atoms with Crippen molar-refractivity contribution < 1.29 is 14.5 Å². The van der Waals surface area contributed by atoms with Gasteiger partial charge in [-0.25, -0.2) is 0 Å². The highest BCUT2D eigenvalue weighted by Gasteiger charge is 2.26. The Balaban J connectivity index is 1.44. The summed E-state index contributed by atoms with van der Waals surface area (Å²) in [4.78, 5) is 30.4. The topological polar surface area (TPSA) is 79.2 Å². The Morgan fingerprint density at radius 1 is 1.00 bits per heavy atom. The number of carbonyl (C=O) groups is 1. The number of hydrogen-bond donors (Lipinski definition) is 0. The minimum absolute atomic E-state index is 0.0581. The van der Waals surface area contributed by atoms with Crippen molar-refractivity contribution in [3.63, 3.8) is 0 Å². The van der Waals surface area contributed by atoms with Gasteiger partial charge in [-0.05, 0) is 56.5 Å². The van der Waals surface area contributed by atoms with Gasteiger partial charge in [0.05, 0.1) is 16.6 Å². The Labute approximate surface area is 198 Å². The Bertz CT molecular complexity index is 1020. The number of amides is 1. The predicted octanol–water partition coefficient (Wildman–Crippen LogP) is 4.60. The first-order valence-electron chi connectivity index (χ1n) is 11.5. The van der Waals surface area contributed by atoms with Crippen LogP contribution in [0.3, 0.4) is 0 Å². The molecule has 2 fully saturated rings. The van der Waals surface area contributed by atoms with Crippen molar-refractivity contribution in [2.24, 2.45) is 0 Å². The predicted molar refractivity (Wildman–Crippen MR) is 130 cm³/mol. The third-order valence-corrected chi connectivity index (χ3v) is 6.56. The molecule has 0 unspecified atom stereocenters. The fourth-order valence-corrected chi connectivity index (χ4v) is 4.74. The molecule has 0 N–H and O–H groups in total. The van der Waals surface area contributed by atoms with Gasteiger partial charge in [0.2, 0.25) is 0 Å². The number of ether oxygens (including phenoxy) is 1. The van der Waals surface area contributed by atoms with Crippen molar-refractivity contribution in [3.8, 4) is 5.75 Å². The van der Waals surface area contributed by atoms with E-state index >= 15 is 0 Å². The van der Waals surface area contributed by atoms with E-state index in [1.807, 2.05) is 24.0 Å². The van der Waals surface area contributed by atoms with Crippen molar-refractivity contribution in [3.05, 3.63) is 57.1 Å². The quantitative estimate of drug-likeness (QED) is 0.451. The number of nitrogens with zero attached hydrogens (tertiary/aromatic N) is 4. The maximum absolute atomic E-state index is 13.0. The molecule has 9 heteroatoms. The first kappa shape index (κ1) is 23.2. The van der Waals surface area contributed by atoms with Crippen molar-refractivity contribution in [1.82, 2.24) is 4.90 Å². The average molecular weight is 473 g/mol. The minimum atomic E-state index is -0.299. The fourth-order valence-electron chi connectivity index (χ4n) is 4.51. The van der Waals surface area contributed by atoms with Crippen molar-refractivity contribution in [2.75, 3.05) is 55.7 Å². The molecule has 0 aromatic heterocycles. The Morgan fingerprint density at radius 2 is 1.73 bits per heavy atom. The average Bonchev–Trinajstić information content (AvgIpc) is 2.85. The summed E-state index contributed by atoms with van der Waals surface area (Å²) in [6.07, 6.45) is 3.27. The molecule has 2 heterocycles. The van der Waals surface area contributed by atoms with Crippen LogP contribution in [0.2, 0.25) is 5.02 Å². The number of anilines is 2. The molecule has 33 heavy (non-hydrogen) atoms. The zero-order valence-corrected chi connectivity index (χ0v) is 19.6. The number of benzene rings is 2. The number of piperidine rings is 1. The van der Waals surface area contributed by atoms with Crippen molar-refractivity contribution in [2.45, 2.75) is 26.2 Å². The highest BCUT2D eigenvalue weighted by molar-refractivity contribution is 6.32. The molecule has 176 valence electrons. The molecule has 0 bridgehead atoms. The number of nitro groups is 1. The van der Waals surface area contributed by atoms with Gasteiger partial charge < -0.3 is 19.4 Å². The standard InChI is InChI=1S/C24H29ClN4O4/c1-2-33-23-9-6-18(16-20(23)25)24(30)28-14-12-26(13-15-28)19-7-8-21(29(31)32)22(17-19)27-10-4-3-5-11-27/h6-9,16-17H,2-5,10-15H2,1H3. The van der Waals surface area contributed by atoms with E-state index in [0.717, 1.165) is 31.6 Å². The second-order valence-electron chi connectivity index (χ2n) is 8.34. The summed E-state index contributed by atoms with van der Waals surface area (Å²) in [5.74, 6) is 0.514. The molecule has 8 nitrogen and oxygen atoms in total. The van der Waals surface area contributed by atoms with E-state index in [1.54, 1.807) is 24.3 Å². The molecule has 0 saturated carbocycles. The molecule has 2 saturated heterocycles. The third-order valence-electron chi connectivity index (χ3n) is 6.26. The maximum atomic E-state index is 13.0. The monoisotopic (exact) mass is 472 g/mol. The number of piperazine rings is 1. The molecule has 0 spiro atoms. The van der Waals surface area contributed by atoms with Crippen molar-refractivity contribution >= 4 is 34.6 Å². The molecule has 1 amide bonds. The van der Waals surface area contributed by atoms with Gasteiger partial charge in [-0.15, -0.1) is 0 Å². The lowest BCUT2D eigenvalue weighted by Gasteiger charge is -2.37. The smallest absolute Gasteiger partial charge is 0.292 e. The molecule has 0 atom stereocenters. The van der Waals surface area contributed by atoms with E-state index in [9.17, 15) is 14.9 Å². The van der Waals surface area contributed by atoms with E-state index in [-0.39, 0.29) is 16.5 Å². The molecule has 2 aromatic carbocycles. The molecule has 0 radical (unpaired) electrons. The normalized spacial score (nSPS) is 16.6. The summed E-state index contributed by atoms with van der Waals surface area (Å²) in [7, 11) is 0. The van der Waals surface area contributed by atoms with Crippen LogP contribution in [0.5, 0.6) is 5.75 Å². The van der Waals surface area contributed by atoms with Crippen LogP contribution in [0.15, 0.2) is 36.4 Å². The SMILES string of the molecule is CCOc1ccc(C(=O)N2CCN(c3ccc([N+](=O)[O-])c(N4CCCCC4)c3)CC2)cc1Cl. The first-order chi connectivity index (χ1) is 16.0. The van der Waals surface area contributed by atoms with Crippen LogP contribution >= 0.6 is 11.6 Å². The molecular formula is C24H29ClN4O4. The zero-order chi connectivity index (χ0) is 23.4. The van der Waals surface area contributed by atoms with Gasteiger partial charge in [0.25, 0.3) is 11.6 Å². The number of carbonyl (C=O) groups excluding carboxylic acids is 1. The number of hydrogen-bond acceptors (Lipinski definition) is 6. The number of nitro benzene ring substituents is 1. The second kappa shape index (κ2) is 10.3. The van der Waals surface area contributed by atoms with E-state index in [1.165, 1.54) is 6.42 Å². The van der Waals surface area contributed by atoms with Gasteiger partial charge in [-0.3, -0.25) is 14.9 Å². The summed E-state index contributed by atoms with van der Waals surface area (Å²) in [6.45, 7) is 6.54. The zero-order valence-electron chi connectivity index (χ0n) is 18.8. The van der Waals surface area contributed by atoms with Crippen molar-refractivity contribution in [1.29, 1.82) is 0 Å². The van der Waals surface area contributed by atoms with Crippen LogP contribution in [0.25, 0.3) is 0 Å². The Morgan fingerprint density at radius 3 is 2.36 bits per heavy atom. The van der Waals surface area contributed by atoms with Crippen LogP contribution in [-0.4, -0.2) is 61.6 Å². The summed E-state index contributed by atoms with van der Waals surface area (Å²) in [5, 5.41) is 12.0. The Hall–Kier alpha value is -3.00. The van der Waals surface area contributed by atoms with Crippen LogP contribution < -0.4 is 14.5 Å². The fraction of sp³-hybridized carbons (Fsp3) is 0.458. The first-order valence-corrected chi connectivity index (χ1v) is 11.9. The molecule has 2 aliphatic heterocycles. The second-order valence-corrected chi connectivity index (χ2v) is 8.74. The van der Waals surface area contributed by atoms with Crippen LogP contribution in [0.4, 0.5) is 17.1 Å². The number of halogens is 1. The summed E-state index contributed by atoms with van der Waals surface area (Å²) in [6, 6.07) is 10.5.